The van der Waals surface area contributed by atoms with Crippen LogP contribution >= 0.6 is 24.0 Å². The first kappa shape index (κ1) is 24.8. The minimum Gasteiger partial charge on any atom is -0.493 e. The van der Waals surface area contributed by atoms with E-state index in [1.807, 2.05) is 32.0 Å². The molecular weight excluding hydrogens is 488 g/mol. The molecular formula is C21H29FIN3O3. The highest BCUT2D eigenvalue weighted by molar-refractivity contribution is 14.0. The average Bonchev–Trinajstić information content (AvgIpc) is 2.71. The second-order valence-corrected chi connectivity index (χ2v) is 6.15. The zero-order valence-electron chi connectivity index (χ0n) is 17.2. The maximum atomic E-state index is 13.0. The Morgan fingerprint density at radius 1 is 1.03 bits per heavy atom. The molecule has 0 fully saturated rings. The molecule has 0 aliphatic carbocycles. The Hall–Kier alpha value is -2.23. The summed E-state index contributed by atoms with van der Waals surface area (Å²) in [6.07, 6.45) is -0.115. The summed E-state index contributed by atoms with van der Waals surface area (Å²) in [5.74, 6) is 2.39. The molecule has 2 rings (SSSR count). The van der Waals surface area contributed by atoms with E-state index in [1.54, 1.807) is 26.4 Å². The smallest absolute Gasteiger partial charge is 0.191 e. The fourth-order valence-corrected chi connectivity index (χ4v) is 2.52. The molecule has 0 aromatic heterocycles. The molecule has 6 nitrogen and oxygen atoms in total. The van der Waals surface area contributed by atoms with Crippen molar-refractivity contribution in [1.29, 1.82) is 0 Å². The highest BCUT2D eigenvalue weighted by Crippen LogP contribution is 2.27. The van der Waals surface area contributed by atoms with E-state index in [1.165, 1.54) is 12.1 Å². The van der Waals surface area contributed by atoms with Gasteiger partial charge in [-0.2, -0.15) is 0 Å². The molecule has 1 atom stereocenters. The molecule has 2 aromatic rings. The average molecular weight is 517 g/mol. The summed E-state index contributed by atoms with van der Waals surface area (Å²) >= 11 is 0. The summed E-state index contributed by atoms with van der Waals surface area (Å²) in [5, 5.41) is 6.47. The largest absolute Gasteiger partial charge is 0.493 e. The molecule has 1 unspecified atom stereocenters. The quantitative estimate of drug-likeness (QED) is 0.300. The zero-order chi connectivity index (χ0) is 20.4. The van der Waals surface area contributed by atoms with Gasteiger partial charge in [-0.1, -0.05) is 6.07 Å². The fraction of sp³-hybridized carbons (Fsp3) is 0.381. The van der Waals surface area contributed by atoms with Crippen molar-refractivity contribution in [3.63, 3.8) is 0 Å². The second kappa shape index (κ2) is 13.1. The number of methoxy groups -OCH3 is 2. The van der Waals surface area contributed by atoms with Gasteiger partial charge in [-0.05, 0) is 55.8 Å². The number of halogens is 2. The Balaban J connectivity index is 0.00000420. The van der Waals surface area contributed by atoms with Gasteiger partial charge in [0.1, 0.15) is 17.7 Å². The van der Waals surface area contributed by atoms with Gasteiger partial charge in [0.15, 0.2) is 17.5 Å². The van der Waals surface area contributed by atoms with Crippen LogP contribution in [0.4, 0.5) is 4.39 Å². The molecule has 8 heteroatoms. The van der Waals surface area contributed by atoms with Gasteiger partial charge in [0, 0.05) is 6.54 Å². The maximum absolute atomic E-state index is 13.0. The number of nitrogens with one attached hydrogen (secondary N) is 2. The van der Waals surface area contributed by atoms with Crippen molar-refractivity contribution in [2.45, 2.75) is 26.5 Å². The van der Waals surface area contributed by atoms with E-state index in [0.29, 0.717) is 36.3 Å². The van der Waals surface area contributed by atoms with E-state index >= 15 is 0 Å². The van der Waals surface area contributed by atoms with Gasteiger partial charge in [-0.15, -0.1) is 24.0 Å². The number of ether oxygens (including phenoxy) is 3. The summed E-state index contributed by atoms with van der Waals surface area (Å²) in [6, 6.07) is 11.7. The summed E-state index contributed by atoms with van der Waals surface area (Å²) in [5.41, 5.74) is 1.01. The Bertz CT molecular complexity index is 772. The number of guanidine groups is 1. The van der Waals surface area contributed by atoms with Crippen molar-refractivity contribution in [2.75, 3.05) is 27.3 Å². The monoisotopic (exact) mass is 517 g/mol. The topological polar surface area (TPSA) is 64.1 Å². The van der Waals surface area contributed by atoms with Crippen molar-refractivity contribution in [3.8, 4) is 17.2 Å². The van der Waals surface area contributed by atoms with Gasteiger partial charge in [0.05, 0.1) is 27.3 Å². The van der Waals surface area contributed by atoms with Gasteiger partial charge in [-0.3, -0.25) is 0 Å². The van der Waals surface area contributed by atoms with E-state index in [0.717, 1.165) is 12.1 Å². The van der Waals surface area contributed by atoms with Gasteiger partial charge < -0.3 is 24.8 Å². The number of nitrogens with zero attached hydrogens (tertiary/aromatic N) is 1. The molecule has 2 N–H and O–H groups in total. The molecule has 0 saturated heterocycles. The van der Waals surface area contributed by atoms with Crippen LogP contribution in [0.25, 0.3) is 0 Å². The van der Waals surface area contributed by atoms with Crippen LogP contribution in [0.1, 0.15) is 19.4 Å². The predicted molar refractivity (Wildman–Crippen MR) is 124 cm³/mol. The van der Waals surface area contributed by atoms with Crippen LogP contribution in [-0.4, -0.2) is 39.4 Å². The second-order valence-electron chi connectivity index (χ2n) is 6.15. The Kier molecular flexibility index (Phi) is 11.2. The maximum Gasteiger partial charge on any atom is 0.191 e. The summed E-state index contributed by atoms with van der Waals surface area (Å²) < 4.78 is 29.3. The van der Waals surface area contributed by atoms with Crippen LogP contribution < -0.4 is 24.8 Å². The van der Waals surface area contributed by atoms with Gasteiger partial charge in [-0.25, -0.2) is 9.38 Å². The number of hydrogen-bond acceptors (Lipinski definition) is 4. The molecule has 0 saturated carbocycles. The van der Waals surface area contributed by atoms with E-state index < -0.39 is 0 Å². The minimum absolute atomic E-state index is 0. The number of benzene rings is 2. The predicted octanol–water partition coefficient (Wildman–Crippen LogP) is 3.98. The number of aliphatic imine (C=N–C) groups is 1. The van der Waals surface area contributed by atoms with Crippen LogP contribution in [0, 0.1) is 5.82 Å². The van der Waals surface area contributed by atoms with Crippen LogP contribution in [0.15, 0.2) is 47.5 Å². The fourth-order valence-electron chi connectivity index (χ4n) is 2.52. The lowest BCUT2D eigenvalue weighted by molar-refractivity contribution is 0.223. The Labute approximate surface area is 188 Å². The molecule has 0 heterocycles. The Morgan fingerprint density at radius 2 is 1.72 bits per heavy atom. The molecule has 160 valence electrons. The molecule has 0 radical (unpaired) electrons. The molecule has 29 heavy (non-hydrogen) atoms. The number of hydrogen-bond donors (Lipinski definition) is 2. The van der Waals surface area contributed by atoms with Gasteiger partial charge in [0.2, 0.25) is 0 Å². The molecule has 0 spiro atoms. The first-order chi connectivity index (χ1) is 13.5. The highest BCUT2D eigenvalue weighted by Gasteiger charge is 2.07. The van der Waals surface area contributed by atoms with Crippen LogP contribution in [0.2, 0.25) is 0 Å². The van der Waals surface area contributed by atoms with Crippen LogP contribution in [0.5, 0.6) is 17.2 Å². The molecule has 0 bridgehead atoms. The summed E-state index contributed by atoms with van der Waals surface area (Å²) in [7, 11) is 3.22. The Morgan fingerprint density at radius 3 is 2.34 bits per heavy atom. The molecule has 2 aromatic carbocycles. The van der Waals surface area contributed by atoms with E-state index in [2.05, 4.69) is 15.6 Å². The molecule has 0 aliphatic rings. The first-order valence-electron chi connectivity index (χ1n) is 9.21. The third-order valence-corrected chi connectivity index (χ3v) is 3.92. The van der Waals surface area contributed by atoms with Crippen molar-refractivity contribution in [3.05, 3.63) is 53.8 Å². The van der Waals surface area contributed by atoms with Crippen molar-refractivity contribution < 1.29 is 18.6 Å². The lowest BCUT2D eigenvalue weighted by Gasteiger charge is -2.17. The summed E-state index contributed by atoms with van der Waals surface area (Å²) in [6.45, 7) is 5.73. The van der Waals surface area contributed by atoms with E-state index in [9.17, 15) is 4.39 Å². The molecule has 0 aliphatic heterocycles. The third-order valence-electron chi connectivity index (χ3n) is 3.92. The van der Waals surface area contributed by atoms with Crippen LogP contribution in [0.3, 0.4) is 0 Å². The van der Waals surface area contributed by atoms with Crippen molar-refractivity contribution in [2.24, 2.45) is 4.99 Å². The zero-order valence-corrected chi connectivity index (χ0v) is 19.5. The van der Waals surface area contributed by atoms with E-state index in [4.69, 9.17) is 14.2 Å². The third kappa shape index (κ3) is 8.35. The van der Waals surface area contributed by atoms with Crippen molar-refractivity contribution in [1.82, 2.24) is 10.6 Å². The van der Waals surface area contributed by atoms with Gasteiger partial charge >= 0.3 is 0 Å². The minimum atomic E-state index is -0.283. The van der Waals surface area contributed by atoms with E-state index in [-0.39, 0.29) is 35.9 Å². The SMILES string of the molecule is CCNC(=NCc1ccc(OC)c(OC)c1)NCC(C)Oc1ccc(F)cc1.I. The van der Waals surface area contributed by atoms with Crippen molar-refractivity contribution >= 4 is 29.9 Å². The standard InChI is InChI=1S/C21H28FN3O3.HI/c1-5-23-21(24-13-15(2)28-18-9-7-17(22)8-10-18)25-14-16-6-11-19(26-3)20(12-16)27-4;/h6-12,15H,5,13-14H2,1-4H3,(H2,23,24,25);1H. The molecule has 0 amide bonds. The highest BCUT2D eigenvalue weighted by atomic mass is 127. The lowest BCUT2D eigenvalue weighted by Crippen LogP contribution is -2.41. The van der Waals surface area contributed by atoms with Gasteiger partial charge in [0.25, 0.3) is 0 Å². The first-order valence-corrected chi connectivity index (χ1v) is 9.21. The normalized spacial score (nSPS) is 11.8. The van der Waals surface area contributed by atoms with Crippen LogP contribution in [-0.2, 0) is 6.54 Å². The lowest BCUT2D eigenvalue weighted by atomic mass is 10.2. The number of rotatable bonds is 9. The summed E-state index contributed by atoms with van der Waals surface area (Å²) in [4.78, 5) is 4.60.